The third kappa shape index (κ3) is 4.89. The summed E-state index contributed by atoms with van der Waals surface area (Å²) in [5.41, 5.74) is 1.40. The molecule has 0 saturated heterocycles. The van der Waals surface area contributed by atoms with Gasteiger partial charge in [-0.3, -0.25) is 15.1 Å². The van der Waals surface area contributed by atoms with E-state index in [0.29, 0.717) is 34.1 Å². The Morgan fingerprint density at radius 3 is 2.21 bits per heavy atom. The third-order valence-electron chi connectivity index (χ3n) is 4.94. The fourth-order valence-corrected chi connectivity index (χ4v) is 4.61. The normalized spacial score (nSPS) is 11.3. The van der Waals surface area contributed by atoms with E-state index in [1.54, 1.807) is 30.5 Å². The van der Waals surface area contributed by atoms with Gasteiger partial charge in [-0.25, -0.2) is 8.42 Å². The van der Waals surface area contributed by atoms with E-state index in [4.69, 9.17) is 14.2 Å². The van der Waals surface area contributed by atoms with E-state index in [0.717, 1.165) is 10.4 Å². The molecular weight excluding hydrogens is 450 g/mol. The molecule has 0 atom stereocenters. The number of sulfonamides is 1. The van der Waals surface area contributed by atoms with Gasteiger partial charge in [-0.1, -0.05) is 12.1 Å². The van der Waals surface area contributed by atoms with Gasteiger partial charge in [-0.05, 0) is 35.9 Å². The second kappa shape index (κ2) is 9.84. The quantitative estimate of drug-likeness (QED) is 0.342. The Bertz CT molecular complexity index is 1250. The molecule has 0 fully saturated rings. The number of nitro benzene ring substituents is 1. The highest BCUT2D eigenvalue weighted by Gasteiger charge is 2.29. The topological polar surface area (TPSA) is 121 Å². The van der Waals surface area contributed by atoms with Gasteiger partial charge in [-0.15, -0.1) is 0 Å². The molecule has 0 aliphatic rings. The van der Waals surface area contributed by atoms with Crippen molar-refractivity contribution >= 4 is 15.7 Å². The van der Waals surface area contributed by atoms with Crippen LogP contribution < -0.4 is 14.2 Å². The molecule has 0 saturated carbocycles. The standard InChI is InChI=1S/C22H23N3O7S/c1-24(33(28,29)21-8-6-5-7-18(21)25(26)27)14-15-9-10-23-17(11-15)16-12-19(30-2)22(32-4)20(13-16)31-3/h5-13H,14H2,1-4H3. The van der Waals surface area contributed by atoms with Crippen LogP contribution >= 0.6 is 0 Å². The van der Waals surface area contributed by atoms with Crippen LogP contribution in [0.5, 0.6) is 17.2 Å². The third-order valence-corrected chi connectivity index (χ3v) is 6.79. The average Bonchev–Trinajstić information content (AvgIpc) is 2.83. The maximum Gasteiger partial charge on any atom is 0.289 e. The van der Waals surface area contributed by atoms with E-state index in [2.05, 4.69) is 4.98 Å². The van der Waals surface area contributed by atoms with E-state index in [-0.39, 0.29) is 11.4 Å². The molecule has 2 aromatic carbocycles. The van der Waals surface area contributed by atoms with E-state index < -0.39 is 20.6 Å². The molecule has 0 aliphatic carbocycles. The molecule has 0 bridgehead atoms. The largest absolute Gasteiger partial charge is 0.493 e. The zero-order valence-electron chi connectivity index (χ0n) is 18.5. The Hall–Kier alpha value is -3.70. The van der Waals surface area contributed by atoms with Crippen molar-refractivity contribution in [3.8, 4) is 28.5 Å². The molecule has 33 heavy (non-hydrogen) atoms. The predicted octanol–water partition coefficient (Wildman–Crippen LogP) is 3.50. The van der Waals surface area contributed by atoms with Crippen molar-refractivity contribution in [2.45, 2.75) is 11.4 Å². The van der Waals surface area contributed by atoms with Gasteiger partial charge in [0, 0.05) is 31.4 Å². The van der Waals surface area contributed by atoms with Gasteiger partial charge < -0.3 is 14.2 Å². The monoisotopic (exact) mass is 473 g/mol. The smallest absolute Gasteiger partial charge is 0.289 e. The maximum atomic E-state index is 13.0. The van der Waals surface area contributed by atoms with Crippen LogP contribution in [0, 0.1) is 10.1 Å². The number of aromatic nitrogens is 1. The zero-order valence-corrected chi connectivity index (χ0v) is 19.3. The molecule has 0 radical (unpaired) electrons. The fraction of sp³-hybridized carbons (Fsp3) is 0.227. The van der Waals surface area contributed by atoms with Crippen LogP contribution in [0.4, 0.5) is 5.69 Å². The number of hydrogen-bond acceptors (Lipinski definition) is 8. The molecule has 0 N–H and O–H groups in total. The first-order valence-corrected chi connectivity index (χ1v) is 11.1. The molecule has 1 aromatic heterocycles. The van der Waals surface area contributed by atoms with Crippen LogP contribution in [0.15, 0.2) is 59.6 Å². The van der Waals surface area contributed by atoms with Crippen molar-refractivity contribution in [3.63, 3.8) is 0 Å². The second-order valence-corrected chi connectivity index (χ2v) is 8.96. The van der Waals surface area contributed by atoms with Crippen molar-refractivity contribution in [3.05, 3.63) is 70.4 Å². The van der Waals surface area contributed by atoms with E-state index >= 15 is 0 Å². The van der Waals surface area contributed by atoms with Crippen LogP contribution in [0.3, 0.4) is 0 Å². The first-order valence-electron chi connectivity index (χ1n) is 9.68. The van der Waals surface area contributed by atoms with E-state index in [9.17, 15) is 18.5 Å². The highest BCUT2D eigenvalue weighted by Crippen LogP contribution is 2.41. The lowest BCUT2D eigenvalue weighted by Crippen LogP contribution is -2.27. The zero-order chi connectivity index (χ0) is 24.2. The molecule has 0 amide bonds. The lowest BCUT2D eigenvalue weighted by Gasteiger charge is -2.18. The summed E-state index contributed by atoms with van der Waals surface area (Å²) in [4.78, 5) is 14.6. The van der Waals surface area contributed by atoms with Gasteiger partial charge in [0.25, 0.3) is 5.69 Å². The summed E-state index contributed by atoms with van der Waals surface area (Å²) in [6.45, 7) is -0.0195. The number of nitro groups is 1. The minimum absolute atomic E-state index is 0.0195. The van der Waals surface area contributed by atoms with Crippen molar-refractivity contribution in [2.24, 2.45) is 0 Å². The molecule has 0 aliphatic heterocycles. The molecule has 3 rings (SSSR count). The van der Waals surface area contributed by atoms with Crippen molar-refractivity contribution in [1.82, 2.24) is 9.29 Å². The van der Waals surface area contributed by atoms with Crippen LogP contribution in [0.25, 0.3) is 11.3 Å². The lowest BCUT2D eigenvalue weighted by molar-refractivity contribution is -0.387. The number of benzene rings is 2. The summed E-state index contributed by atoms with van der Waals surface area (Å²) in [6, 6.07) is 12.1. The Morgan fingerprint density at radius 1 is 1.00 bits per heavy atom. The highest BCUT2D eigenvalue weighted by atomic mass is 32.2. The predicted molar refractivity (Wildman–Crippen MR) is 121 cm³/mol. The SMILES string of the molecule is COc1cc(-c2cc(CN(C)S(=O)(=O)c3ccccc3[N+](=O)[O-])ccn2)cc(OC)c1OC. The van der Waals surface area contributed by atoms with Gasteiger partial charge >= 0.3 is 0 Å². The molecule has 11 heteroatoms. The number of hydrogen-bond donors (Lipinski definition) is 0. The molecule has 0 unspecified atom stereocenters. The highest BCUT2D eigenvalue weighted by molar-refractivity contribution is 7.89. The molecule has 174 valence electrons. The Labute approximate surface area is 191 Å². The van der Waals surface area contributed by atoms with Crippen molar-refractivity contribution in [1.29, 1.82) is 0 Å². The number of ether oxygens (including phenoxy) is 3. The van der Waals surface area contributed by atoms with Crippen LogP contribution in [0.2, 0.25) is 0 Å². The molecule has 0 spiro atoms. The summed E-state index contributed by atoms with van der Waals surface area (Å²) in [5.74, 6) is 1.35. The van der Waals surface area contributed by atoms with Gasteiger partial charge in [-0.2, -0.15) is 4.31 Å². The number of nitrogens with zero attached hydrogens (tertiary/aromatic N) is 3. The first-order chi connectivity index (χ1) is 15.7. The molecule has 3 aromatic rings. The maximum absolute atomic E-state index is 13.0. The minimum Gasteiger partial charge on any atom is -0.493 e. The summed E-state index contributed by atoms with van der Waals surface area (Å²) in [7, 11) is 1.78. The van der Waals surface area contributed by atoms with Gasteiger partial charge in [0.2, 0.25) is 15.8 Å². The van der Waals surface area contributed by atoms with Crippen LogP contribution in [-0.4, -0.2) is 51.0 Å². The Balaban J connectivity index is 1.95. The van der Waals surface area contributed by atoms with Crippen molar-refractivity contribution < 1.29 is 27.6 Å². The number of rotatable bonds is 9. The summed E-state index contributed by atoms with van der Waals surface area (Å²) >= 11 is 0. The minimum atomic E-state index is -4.11. The lowest BCUT2D eigenvalue weighted by atomic mass is 10.1. The molecule has 10 nitrogen and oxygen atoms in total. The number of pyridine rings is 1. The van der Waals surface area contributed by atoms with Gasteiger partial charge in [0.15, 0.2) is 16.4 Å². The van der Waals surface area contributed by atoms with Crippen LogP contribution in [0.1, 0.15) is 5.56 Å². The number of methoxy groups -OCH3 is 3. The van der Waals surface area contributed by atoms with Gasteiger partial charge in [0.05, 0.1) is 31.9 Å². The average molecular weight is 474 g/mol. The van der Waals surface area contributed by atoms with E-state index in [1.165, 1.54) is 46.6 Å². The number of para-hydroxylation sites is 1. The van der Waals surface area contributed by atoms with Crippen molar-refractivity contribution in [2.75, 3.05) is 28.4 Å². The fourth-order valence-electron chi connectivity index (χ4n) is 3.30. The summed E-state index contributed by atoms with van der Waals surface area (Å²) < 4.78 is 43.2. The first kappa shape index (κ1) is 24.0. The second-order valence-electron chi connectivity index (χ2n) is 6.95. The van der Waals surface area contributed by atoms with Gasteiger partial charge in [0.1, 0.15) is 0 Å². The summed E-state index contributed by atoms with van der Waals surface area (Å²) in [5, 5.41) is 11.3. The molecule has 1 heterocycles. The van der Waals surface area contributed by atoms with E-state index in [1.807, 2.05) is 0 Å². The Kier molecular flexibility index (Phi) is 7.14. The summed E-state index contributed by atoms with van der Waals surface area (Å²) in [6.07, 6.45) is 1.55. The molecular formula is C22H23N3O7S. The Morgan fingerprint density at radius 2 is 1.64 bits per heavy atom. The van der Waals surface area contributed by atoms with Crippen LogP contribution in [-0.2, 0) is 16.6 Å².